The second-order valence-corrected chi connectivity index (χ2v) is 8.76. The molecule has 1 fully saturated rings. The maximum atomic E-state index is 12.4. The van der Waals surface area contributed by atoms with Crippen LogP contribution in [0.2, 0.25) is 0 Å². The van der Waals surface area contributed by atoms with Crippen LogP contribution in [0, 0.1) is 5.92 Å². The Morgan fingerprint density at radius 1 is 1.28 bits per heavy atom. The summed E-state index contributed by atoms with van der Waals surface area (Å²) in [4.78, 5) is 51.2. The summed E-state index contributed by atoms with van der Waals surface area (Å²) in [6.45, 7) is 6.90. The normalized spacial score (nSPS) is 17.6. The van der Waals surface area contributed by atoms with Crippen LogP contribution in [0.3, 0.4) is 0 Å². The largest absolute Gasteiger partial charge is 0.452 e. The number of rotatable bonds is 5. The molecule has 9 heteroatoms. The number of nitrogens with one attached hydrogen (secondary N) is 2. The molecule has 0 unspecified atom stereocenters. The first kappa shape index (κ1) is 22.7. The zero-order chi connectivity index (χ0) is 21.8. The van der Waals surface area contributed by atoms with E-state index in [1.807, 2.05) is 30.5 Å². The van der Waals surface area contributed by atoms with E-state index >= 15 is 0 Å². The molecule has 0 saturated carbocycles. The monoisotopic (exact) mass is 421 g/mol. The van der Waals surface area contributed by atoms with E-state index in [1.165, 1.54) is 6.92 Å². The highest BCUT2D eigenvalue weighted by atomic mass is 32.2. The fourth-order valence-electron chi connectivity index (χ4n) is 2.80. The van der Waals surface area contributed by atoms with Gasteiger partial charge in [-0.25, -0.2) is 4.79 Å². The lowest BCUT2D eigenvalue weighted by Crippen LogP contribution is -2.50. The Hall–Kier alpha value is -2.55. The number of urea groups is 1. The molecule has 2 N–H and O–H groups in total. The average molecular weight is 422 g/mol. The number of hydrogen-bond acceptors (Lipinski definition) is 6. The minimum Gasteiger partial charge on any atom is -0.452 e. The third kappa shape index (κ3) is 6.49. The van der Waals surface area contributed by atoms with Gasteiger partial charge in [-0.15, -0.1) is 11.8 Å². The molecular weight excluding hydrogens is 394 g/mol. The summed E-state index contributed by atoms with van der Waals surface area (Å²) in [6.07, 6.45) is 0.803. The number of hydrogen-bond donors (Lipinski definition) is 2. The Kier molecular flexibility index (Phi) is 7.29. The molecule has 1 heterocycles. The third-order valence-electron chi connectivity index (χ3n) is 4.21. The van der Waals surface area contributed by atoms with E-state index < -0.39 is 35.5 Å². The Morgan fingerprint density at radius 2 is 1.97 bits per heavy atom. The van der Waals surface area contributed by atoms with E-state index in [9.17, 15) is 19.2 Å². The SMILES string of the molecule is CSc1cccc(N2C[C@@H](C(=O)O[C@H](C)C(=O)NC(=O)NC(C)(C)C)CC2=O)c1. The lowest BCUT2D eigenvalue weighted by atomic mass is 10.1. The molecule has 4 amide bonds. The van der Waals surface area contributed by atoms with Crippen molar-refractivity contribution in [3.63, 3.8) is 0 Å². The minimum absolute atomic E-state index is 0.0151. The highest BCUT2D eigenvalue weighted by molar-refractivity contribution is 7.98. The van der Waals surface area contributed by atoms with Crippen molar-refractivity contribution in [1.82, 2.24) is 10.6 Å². The number of carbonyl (C=O) groups is 4. The minimum atomic E-state index is -1.16. The van der Waals surface area contributed by atoms with Crippen molar-refractivity contribution in [1.29, 1.82) is 0 Å². The Labute approximate surface area is 174 Å². The second kappa shape index (κ2) is 9.30. The molecule has 0 aromatic heterocycles. The van der Waals surface area contributed by atoms with Crippen LogP contribution < -0.4 is 15.5 Å². The fourth-order valence-corrected chi connectivity index (χ4v) is 3.26. The Morgan fingerprint density at radius 3 is 2.59 bits per heavy atom. The number of benzene rings is 1. The number of anilines is 1. The lowest BCUT2D eigenvalue weighted by Gasteiger charge is -2.21. The number of esters is 1. The van der Waals surface area contributed by atoms with Crippen LogP contribution in [0.15, 0.2) is 29.2 Å². The molecule has 158 valence electrons. The van der Waals surface area contributed by atoms with Gasteiger partial charge in [0, 0.05) is 29.1 Å². The molecule has 1 aliphatic heterocycles. The highest BCUT2D eigenvalue weighted by Crippen LogP contribution is 2.28. The molecule has 0 spiro atoms. The molecule has 0 radical (unpaired) electrons. The van der Waals surface area contributed by atoms with Crippen molar-refractivity contribution < 1.29 is 23.9 Å². The maximum absolute atomic E-state index is 12.4. The quantitative estimate of drug-likeness (QED) is 0.558. The maximum Gasteiger partial charge on any atom is 0.321 e. The fraction of sp³-hybridized carbons (Fsp3) is 0.500. The molecule has 0 aliphatic carbocycles. The van der Waals surface area contributed by atoms with Gasteiger partial charge in [-0.1, -0.05) is 6.07 Å². The van der Waals surface area contributed by atoms with E-state index in [1.54, 1.807) is 37.4 Å². The summed E-state index contributed by atoms with van der Waals surface area (Å²) in [7, 11) is 0. The van der Waals surface area contributed by atoms with Crippen LogP contribution in [0.5, 0.6) is 0 Å². The second-order valence-electron chi connectivity index (χ2n) is 7.88. The van der Waals surface area contributed by atoms with Crippen LogP contribution in [0.4, 0.5) is 10.5 Å². The van der Waals surface area contributed by atoms with Crippen molar-refractivity contribution in [3.8, 4) is 0 Å². The summed E-state index contributed by atoms with van der Waals surface area (Å²) in [5.74, 6) is -2.21. The number of carbonyl (C=O) groups excluding carboxylic acids is 4. The third-order valence-corrected chi connectivity index (χ3v) is 4.94. The van der Waals surface area contributed by atoms with E-state index in [0.717, 1.165) is 10.6 Å². The van der Waals surface area contributed by atoms with E-state index in [4.69, 9.17) is 4.74 Å². The zero-order valence-corrected chi connectivity index (χ0v) is 18.1. The lowest BCUT2D eigenvalue weighted by molar-refractivity contribution is -0.158. The van der Waals surface area contributed by atoms with Crippen LogP contribution in [0.25, 0.3) is 0 Å². The molecule has 1 aromatic rings. The van der Waals surface area contributed by atoms with Crippen molar-refractivity contribution in [2.75, 3.05) is 17.7 Å². The number of imide groups is 1. The van der Waals surface area contributed by atoms with Crippen molar-refractivity contribution >= 4 is 41.3 Å². The van der Waals surface area contributed by atoms with Gasteiger partial charge >= 0.3 is 12.0 Å². The molecule has 29 heavy (non-hydrogen) atoms. The Balaban J connectivity index is 1.92. The molecular formula is C20H27N3O5S. The summed E-state index contributed by atoms with van der Waals surface area (Å²) >= 11 is 1.56. The van der Waals surface area contributed by atoms with Crippen LogP contribution in [-0.4, -0.2) is 48.3 Å². The van der Waals surface area contributed by atoms with Gasteiger partial charge in [-0.05, 0) is 52.1 Å². The van der Waals surface area contributed by atoms with Crippen molar-refractivity contribution in [2.24, 2.45) is 5.92 Å². The summed E-state index contributed by atoms with van der Waals surface area (Å²) < 4.78 is 5.19. The van der Waals surface area contributed by atoms with E-state index in [2.05, 4.69) is 10.6 Å². The highest BCUT2D eigenvalue weighted by Gasteiger charge is 2.37. The number of thioether (sulfide) groups is 1. The standard InChI is InChI=1S/C20H27N3O5S/c1-12(17(25)21-19(27)22-20(2,3)4)28-18(26)13-9-16(24)23(11-13)14-7-6-8-15(10-14)29-5/h6-8,10,12-13H,9,11H2,1-5H3,(H2,21,22,25,27)/t12-,13+/m1/s1. The molecule has 1 aliphatic rings. The first-order valence-electron chi connectivity index (χ1n) is 9.28. The van der Waals surface area contributed by atoms with Gasteiger partial charge in [0.1, 0.15) is 0 Å². The van der Waals surface area contributed by atoms with E-state index in [0.29, 0.717) is 0 Å². The summed E-state index contributed by atoms with van der Waals surface area (Å²) in [6, 6.07) is 6.84. The first-order chi connectivity index (χ1) is 13.5. The predicted molar refractivity (Wildman–Crippen MR) is 111 cm³/mol. The molecule has 2 rings (SSSR count). The molecule has 2 atom stereocenters. The number of amides is 4. The van der Waals surface area contributed by atoms with Crippen molar-refractivity contribution in [2.45, 2.75) is 50.7 Å². The summed E-state index contributed by atoms with van der Waals surface area (Å²) in [5, 5.41) is 4.73. The molecule has 8 nitrogen and oxygen atoms in total. The smallest absolute Gasteiger partial charge is 0.321 e. The van der Waals surface area contributed by atoms with E-state index in [-0.39, 0.29) is 18.9 Å². The van der Waals surface area contributed by atoms with Gasteiger partial charge in [-0.3, -0.25) is 19.7 Å². The molecule has 0 bridgehead atoms. The van der Waals surface area contributed by atoms with Crippen molar-refractivity contribution in [3.05, 3.63) is 24.3 Å². The average Bonchev–Trinajstić information content (AvgIpc) is 3.01. The predicted octanol–water partition coefficient (Wildman–Crippen LogP) is 2.32. The van der Waals surface area contributed by atoms with Crippen LogP contribution in [-0.2, 0) is 19.1 Å². The Bertz CT molecular complexity index is 806. The first-order valence-corrected chi connectivity index (χ1v) is 10.5. The topological polar surface area (TPSA) is 105 Å². The molecule has 1 saturated heterocycles. The van der Waals surface area contributed by atoms with Crippen LogP contribution in [0.1, 0.15) is 34.1 Å². The van der Waals surface area contributed by atoms with Gasteiger partial charge in [0.25, 0.3) is 5.91 Å². The van der Waals surface area contributed by atoms with Crippen LogP contribution >= 0.6 is 11.8 Å². The van der Waals surface area contributed by atoms with Gasteiger partial charge in [0.15, 0.2) is 6.10 Å². The molecule has 1 aromatic carbocycles. The van der Waals surface area contributed by atoms with Gasteiger partial charge < -0.3 is 15.0 Å². The number of nitrogens with zero attached hydrogens (tertiary/aromatic N) is 1. The summed E-state index contributed by atoms with van der Waals surface area (Å²) in [5.41, 5.74) is 0.215. The van der Waals surface area contributed by atoms with Gasteiger partial charge in [0.2, 0.25) is 5.91 Å². The zero-order valence-electron chi connectivity index (χ0n) is 17.3. The van der Waals surface area contributed by atoms with Gasteiger partial charge in [0.05, 0.1) is 5.92 Å². The van der Waals surface area contributed by atoms with Gasteiger partial charge in [-0.2, -0.15) is 0 Å². The number of ether oxygens (including phenoxy) is 1.